The molecule has 2 aromatic heterocycles. The number of ether oxygens (including phenoxy) is 2. The average Bonchev–Trinajstić information content (AvgIpc) is 3.21. The van der Waals surface area contributed by atoms with Crippen LogP contribution in [0, 0.1) is 10.1 Å². The molecule has 4 aromatic rings. The van der Waals surface area contributed by atoms with E-state index in [1.54, 1.807) is 0 Å². The van der Waals surface area contributed by atoms with Crippen LogP contribution in [0.2, 0.25) is 0 Å². The lowest BCUT2D eigenvalue weighted by atomic mass is 10.1. The Balaban J connectivity index is 1.58. The summed E-state index contributed by atoms with van der Waals surface area (Å²) in [5.74, 6) is 0.523. The van der Waals surface area contributed by atoms with Gasteiger partial charge in [0.05, 0.1) is 29.9 Å². The minimum absolute atomic E-state index is 0.0648. The third kappa shape index (κ3) is 3.23. The molecule has 1 aliphatic heterocycles. The first-order valence-corrected chi connectivity index (χ1v) is 9.97. The van der Waals surface area contributed by atoms with Crippen molar-refractivity contribution in [1.29, 1.82) is 0 Å². The second-order valence-electron chi connectivity index (χ2n) is 6.83. The Kier molecular flexibility index (Phi) is 4.53. The van der Waals surface area contributed by atoms with Crippen molar-refractivity contribution in [2.45, 2.75) is 13.2 Å². The number of hydrogen-bond donors (Lipinski definition) is 0. The quantitative estimate of drug-likeness (QED) is 0.366. The lowest BCUT2D eigenvalue weighted by Crippen LogP contribution is -2.22. The second kappa shape index (κ2) is 7.36. The minimum Gasteiger partial charge on any atom is -0.467 e. The Labute approximate surface area is 174 Å². The number of rotatable bonds is 4. The molecule has 30 heavy (non-hydrogen) atoms. The third-order valence-electron chi connectivity index (χ3n) is 4.89. The molecular weight excluding hydrogens is 406 g/mol. The Morgan fingerprint density at radius 1 is 1.20 bits per heavy atom. The maximum atomic E-state index is 13.1. The average molecular weight is 421 g/mol. The van der Waals surface area contributed by atoms with Gasteiger partial charge in [0.2, 0.25) is 0 Å². The molecular formula is C21H15N3O5S. The summed E-state index contributed by atoms with van der Waals surface area (Å²) >= 11 is 1.38. The Hall–Kier alpha value is -3.56. The Morgan fingerprint density at radius 3 is 2.83 bits per heavy atom. The van der Waals surface area contributed by atoms with Gasteiger partial charge in [0, 0.05) is 28.1 Å². The van der Waals surface area contributed by atoms with Crippen molar-refractivity contribution in [2.24, 2.45) is 0 Å². The predicted molar refractivity (Wildman–Crippen MR) is 112 cm³/mol. The van der Waals surface area contributed by atoms with Crippen LogP contribution in [0.4, 0.5) is 5.69 Å². The fraction of sp³-hybridized carbons (Fsp3) is 0.143. The number of nitro benzene ring substituents is 1. The Morgan fingerprint density at radius 2 is 2.03 bits per heavy atom. The molecule has 1 aliphatic rings. The summed E-state index contributed by atoms with van der Waals surface area (Å²) in [7, 11) is 0. The molecule has 0 amide bonds. The van der Waals surface area contributed by atoms with Gasteiger partial charge in [-0.1, -0.05) is 30.3 Å². The van der Waals surface area contributed by atoms with E-state index >= 15 is 0 Å². The van der Waals surface area contributed by atoms with Crippen LogP contribution in [0.5, 0.6) is 5.75 Å². The third-order valence-corrected chi connectivity index (χ3v) is 6.05. The SMILES string of the molecule is O=c1c2sc(-c3ccccc3)cc2ncn1Cc1cc([N+](=O)[O-])cc2c1OCOC2. The van der Waals surface area contributed by atoms with Crippen molar-refractivity contribution < 1.29 is 14.4 Å². The van der Waals surface area contributed by atoms with Gasteiger partial charge in [-0.25, -0.2) is 4.98 Å². The fourth-order valence-corrected chi connectivity index (χ4v) is 4.55. The molecule has 150 valence electrons. The molecule has 0 spiro atoms. The van der Waals surface area contributed by atoms with Gasteiger partial charge >= 0.3 is 0 Å². The number of hydrogen-bond acceptors (Lipinski definition) is 7. The molecule has 0 unspecified atom stereocenters. The van der Waals surface area contributed by atoms with Crippen LogP contribution >= 0.6 is 11.3 Å². The van der Waals surface area contributed by atoms with Crippen molar-refractivity contribution >= 4 is 27.2 Å². The molecule has 5 rings (SSSR count). The van der Waals surface area contributed by atoms with E-state index in [2.05, 4.69) is 4.98 Å². The first-order valence-electron chi connectivity index (χ1n) is 9.15. The summed E-state index contributed by atoms with van der Waals surface area (Å²) in [6, 6.07) is 14.6. The maximum absolute atomic E-state index is 13.1. The van der Waals surface area contributed by atoms with E-state index in [1.807, 2.05) is 36.4 Å². The highest BCUT2D eigenvalue weighted by molar-refractivity contribution is 7.22. The number of aromatic nitrogens is 2. The van der Waals surface area contributed by atoms with Gasteiger partial charge in [0.25, 0.3) is 11.2 Å². The van der Waals surface area contributed by atoms with Gasteiger partial charge in [0.1, 0.15) is 10.4 Å². The Bertz CT molecular complexity index is 1330. The highest BCUT2D eigenvalue weighted by Crippen LogP contribution is 2.34. The van der Waals surface area contributed by atoms with Gasteiger partial charge in [-0.2, -0.15) is 0 Å². The van der Waals surface area contributed by atoms with Crippen LogP contribution in [0.3, 0.4) is 0 Å². The van der Waals surface area contributed by atoms with Crippen molar-refractivity contribution in [3.8, 4) is 16.2 Å². The van der Waals surface area contributed by atoms with E-state index in [-0.39, 0.29) is 31.2 Å². The van der Waals surface area contributed by atoms with Gasteiger partial charge in [-0.3, -0.25) is 19.5 Å². The lowest BCUT2D eigenvalue weighted by Gasteiger charge is -2.20. The number of non-ortho nitro benzene ring substituents is 1. The standard InChI is InChI=1S/C21H15N3O5S/c25-21-20-17(8-18(30-20)13-4-2-1-3-5-13)22-11-23(21)9-14-6-16(24(26)27)7-15-10-28-12-29-19(14)15/h1-8,11H,9-10,12H2. The van der Waals surface area contributed by atoms with E-state index < -0.39 is 4.92 Å². The highest BCUT2D eigenvalue weighted by atomic mass is 32.1. The molecule has 0 atom stereocenters. The van der Waals surface area contributed by atoms with Gasteiger partial charge in [-0.15, -0.1) is 11.3 Å². The van der Waals surface area contributed by atoms with E-state index in [0.717, 1.165) is 10.4 Å². The minimum atomic E-state index is -0.464. The molecule has 2 aromatic carbocycles. The summed E-state index contributed by atoms with van der Waals surface area (Å²) < 4.78 is 12.8. The monoisotopic (exact) mass is 421 g/mol. The molecule has 0 N–H and O–H groups in total. The van der Waals surface area contributed by atoms with Crippen LogP contribution in [-0.4, -0.2) is 21.3 Å². The van der Waals surface area contributed by atoms with E-state index in [1.165, 1.54) is 34.4 Å². The van der Waals surface area contributed by atoms with Gasteiger partial charge in [-0.05, 0) is 11.6 Å². The molecule has 8 nitrogen and oxygen atoms in total. The highest BCUT2D eigenvalue weighted by Gasteiger charge is 2.22. The van der Waals surface area contributed by atoms with Crippen LogP contribution in [0.1, 0.15) is 11.1 Å². The van der Waals surface area contributed by atoms with E-state index in [4.69, 9.17) is 9.47 Å². The van der Waals surface area contributed by atoms with Crippen LogP contribution in [0.25, 0.3) is 20.7 Å². The molecule has 9 heteroatoms. The normalized spacial score (nSPS) is 13.1. The predicted octanol–water partition coefficient (Wildman–Crippen LogP) is 3.95. The molecule has 0 aliphatic carbocycles. The first kappa shape index (κ1) is 18.5. The summed E-state index contributed by atoms with van der Waals surface area (Å²) in [5, 5.41) is 11.3. The van der Waals surface area contributed by atoms with Crippen LogP contribution in [-0.2, 0) is 17.9 Å². The number of benzene rings is 2. The molecule has 0 radical (unpaired) electrons. The van der Waals surface area contributed by atoms with Crippen LogP contribution < -0.4 is 10.3 Å². The molecule has 0 fully saturated rings. The summed E-state index contributed by atoms with van der Waals surface area (Å²) in [4.78, 5) is 29.3. The molecule has 0 saturated carbocycles. The summed E-state index contributed by atoms with van der Waals surface area (Å²) in [6.07, 6.45) is 1.47. The molecule has 0 saturated heterocycles. The van der Waals surface area contributed by atoms with Crippen LogP contribution in [0.15, 0.2) is 59.7 Å². The smallest absolute Gasteiger partial charge is 0.271 e. The first-order chi connectivity index (χ1) is 14.6. The zero-order valence-corrected chi connectivity index (χ0v) is 16.4. The second-order valence-corrected chi connectivity index (χ2v) is 7.88. The summed E-state index contributed by atoms with van der Waals surface area (Å²) in [5.41, 5.74) is 2.53. The number of nitro groups is 1. The number of fused-ring (bicyclic) bond motifs is 2. The number of nitrogens with zero attached hydrogens (tertiary/aromatic N) is 3. The van der Waals surface area contributed by atoms with Gasteiger partial charge in [0.15, 0.2) is 6.79 Å². The topological polar surface area (TPSA) is 96.5 Å². The van der Waals surface area contributed by atoms with Crippen molar-refractivity contribution in [2.75, 3.05) is 6.79 Å². The fourth-order valence-electron chi connectivity index (χ4n) is 3.49. The zero-order chi connectivity index (χ0) is 20.7. The number of thiophene rings is 1. The molecule has 0 bridgehead atoms. The van der Waals surface area contributed by atoms with E-state index in [9.17, 15) is 14.9 Å². The summed E-state index contributed by atoms with van der Waals surface area (Å²) in [6.45, 7) is 0.404. The van der Waals surface area contributed by atoms with Gasteiger partial charge < -0.3 is 9.47 Å². The van der Waals surface area contributed by atoms with Crippen molar-refractivity contribution in [3.63, 3.8) is 0 Å². The van der Waals surface area contributed by atoms with Crippen molar-refractivity contribution in [1.82, 2.24) is 9.55 Å². The maximum Gasteiger partial charge on any atom is 0.271 e. The largest absolute Gasteiger partial charge is 0.467 e. The zero-order valence-electron chi connectivity index (χ0n) is 15.6. The molecule has 3 heterocycles. The van der Waals surface area contributed by atoms with Crippen molar-refractivity contribution in [3.05, 3.63) is 86.5 Å². The van der Waals surface area contributed by atoms with E-state index in [0.29, 0.717) is 27.1 Å². The lowest BCUT2D eigenvalue weighted by molar-refractivity contribution is -0.385.